The minimum atomic E-state index is -1.94. The molecule has 0 saturated carbocycles. The summed E-state index contributed by atoms with van der Waals surface area (Å²) in [6.07, 6.45) is 2.48. The summed E-state index contributed by atoms with van der Waals surface area (Å²) in [6.45, 7) is 9.70. The van der Waals surface area contributed by atoms with E-state index in [1.807, 2.05) is 20.8 Å². The Balaban J connectivity index is 2.89. The minimum Gasteiger partial charge on any atom is -0.316 e. The van der Waals surface area contributed by atoms with Crippen LogP contribution in [-0.4, -0.2) is 40.5 Å². The number of hydrogen-bond donors (Lipinski definition) is 1. The van der Waals surface area contributed by atoms with Crippen molar-refractivity contribution >= 4 is 21.2 Å². The first-order chi connectivity index (χ1) is 8.63. The number of hydrogen-bond acceptors (Lipinski definition) is 3. The van der Waals surface area contributed by atoms with Crippen LogP contribution in [0, 0.1) is 10.8 Å². The van der Waals surface area contributed by atoms with Gasteiger partial charge in [-0.25, -0.2) is 0 Å². The molecule has 1 N–H and O–H groups in total. The first kappa shape index (κ1) is 16.7. The van der Waals surface area contributed by atoms with Gasteiger partial charge in [-0.15, -0.1) is 0 Å². The molecule has 0 aliphatic carbocycles. The summed E-state index contributed by atoms with van der Waals surface area (Å²) in [7, 11) is -1.94. The topological polar surface area (TPSA) is 46.2 Å². The van der Waals surface area contributed by atoms with E-state index in [1.165, 1.54) is 0 Å². The van der Waals surface area contributed by atoms with Gasteiger partial charge in [0.2, 0.25) is 0 Å². The molecule has 1 aliphatic heterocycles. The monoisotopic (exact) mass is 287 g/mol. The summed E-state index contributed by atoms with van der Waals surface area (Å²) in [4.78, 5) is 12.8. The fourth-order valence-corrected chi connectivity index (χ4v) is 4.50. The third kappa shape index (κ3) is 4.32. The molecule has 0 bridgehead atoms. The third-order valence-corrected chi connectivity index (χ3v) is 5.85. The highest BCUT2D eigenvalue weighted by Crippen LogP contribution is 2.39. The van der Waals surface area contributed by atoms with E-state index in [4.69, 9.17) is 0 Å². The smallest absolute Gasteiger partial charge is 0.145 e. The van der Waals surface area contributed by atoms with Crippen LogP contribution in [0.2, 0.25) is 0 Å². The Morgan fingerprint density at radius 3 is 2.26 bits per heavy atom. The van der Waals surface area contributed by atoms with Gasteiger partial charge in [0.25, 0.3) is 0 Å². The van der Waals surface area contributed by atoms with Gasteiger partial charge in [0.1, 0.15) is 5.78 Å². The first-order valence-electron chi connectivity index (χ1n) is 7.21. The standard InChI is InChI=1S/C15H29NO2S/c1-6-9-16-12-15(13(17)14(2,3)4)7-10-19(5,18)11-8-15/h16H,5-12H2,1-4H3. The molecule has 3 nitrogen and oxygen atoms in total. The summed E-state index contributed by atoms with van der Waals surface area (Å²) in [6, 6.07) is 0. The number of carbonyl (C=O) groups excluding carboxylic acids is 1. The van der Waals surface area contributed by atoms with Crippen molar-refractivity contribution in [3.8, 4) is 0 Å². The fourth-order valence-electron chi connectivity index (χ4n) is 2.77. The normalized spacial score (nSPS) is 32.2. The van der Waals surface area contributed by atoms with Crippen LogP contribution in [0.1, 0.15) is 47.0 Å². The van der Waals surface area contributed by atoms with E-state index in [0.29, 0.717) is 36.7 Å². The van der Waals surface area contributed by atoms with Gasteiger partial charge in [-0.2, -0.15) is 0 Å². The van der Waals surface area contributed by atoms with Crippen LogP contribution in [0.25, 0.3) is 0 Å². The molecule has 0 spiro atoms. The lowest BCUT2D eigenvalue weighted by molar-refractivity contribution is -0.137. The van der Waals surface area contributed by atoms with Crippen molar-refractivity contribution < 1.29 is 9.00 Å². The molecule has 1 fully saturated rings. The predicted octanol–water partition coefficient (Wildman–Crippen LogP) is 2.10. The molecule has 0 radical (unpaired) electrons. The summed E-state index contributed by atoms with van der Waals surface area (Å²) >= 11 is 0. The van der Waals surface area contributed by atoms with Gasteiger partial charge in [0.05, 0.1) is 0 Å². The average molecular weight is 287 g/mol. The molecule has 4 heteroatoms. The highest BCUT2D eigenvalue weighted by Gasteiger charge is 2.45. The summed E-state index contributed by atoms with van der Waals surface area (Å²) in [5, 5.41) is 3.39. The van der Waals surface area contributed by atoms with Crippen molar-refractivity contribution in [2.24, 2.45) is 10.8 Å². The lowest BCUT2D eigenvalue weighted by atomic mass is 9.69. The van der Waals surface area contributed by atoms with Gasteiger partial charge < -0.3 is 5.32 Å². The zero-order valence-electron chi connectivity index (χ0n) is 12.9. The van der Waals surface area contributed by atoms with Crippen LogP contribution in [0.5, 0.6) is 0 Å². The van der Waals surface area contributed by atoms with E-state index in [2.05, 4.69) is 18.1 Å². The largest absolute Gasteiger partial charge is 0.316 e. The van der Waals surface area contributed by atoms with Crippen molar-refractivity contribution in [1.82, 2.24) is 5.32 Å². The number of nitrogens with one attached hydrogen (secondary N) is 1. The highest BCUT2D eigenvalue weighted by molar-refractivity contribution is 8.00. The number of rotatable bonds is 5. The Hall–Kier alpha value is -0.350. The molecule has 112 valence electrons. The molecule has 0 atom stereocenters. The van der Waals surface area contributed by atoms with Crippen LogP contribution in [-0.2, 0) is 14.3 Å². The zero-order valence-corrected chi connectivity index (χ0v) is 13.7. The second-order valence-corrected chi connectivity index (χ2v) is 9.66. The second kappa shape index (κ2) is 5.96. The zero-order chi connectivity index (χ0) is 14.7. The van der Waals surface area contributed by atoms with Gasteiger partial charge in [0, 0.05) is 28.9 Å². The third-order valence-electron chi connectivity index (χ3n) is 3.96. The maximum Gasteiger partial charge on any atom is 0.145 e. The minimum absolute atomic E-state index is 0.304. The first-order valence-corrected chi connectivity index (χ1v) is 9.28. The molecule has 0 aromatic heterocycles. The van der Waals surface area contributed by atoms with Crippen LogP contribution in [0.4, 0.5) is 0 Å². The summed E-state index contributed by atoms with van der Waals surface area (Å²) in [5.74, 6) is 5.29. The number of carbonyl (C=O) groups is 1. The molecule has 1 saturated heterocycles. The van der Waals surface area contributed by atoms with Crippen molar-refractivity contribution in [3.63, 3.8) is 0 Å². The number of Topliss-reactive ketones (excluding diaryl/α,β-unsaturated/α-hetero) is 1. The molecule has 1 rings (SSSR count). The Morgan fingerprint density at radius 2 is 1.84 bits per heavy atom. The molecule has 1 aliphatic rings. The van der Waals surface area contributed by atoms with Gasteiger partial charge in [-0.1, -0.05) is 27.7 Å². The van der Waals surface area contributed by atoms with Gasteiger partial charge in [-0.05, 0) is 41.2 Å². The quantitative estimate of drug-likeness (QED) is 0.622. The van der Waals surface area contributed by atoms with Crippen LogP contribution in [0.15, 0.2) is 0 Å². The Morgan fingerprint density at radius 1 is 1.32 bits per heavy atom. The average Bonchev–Trinajstić information content (AvgIpc) is 2.30. The van der Waals surface area contributed by atoms with Crippen molar-refractivity contribution in [3.05, 3.63) is 0 Å². The van der Waals surface area contributed by atoms with E-state index in [1.54, 1.807) is 0 Å². The maximum atomic E-state index is 12.8. The maximum absolute atomic E-state index is 12.8. The van der Waals surface area contributed by atoms with E-state index in [9.17, 15) is 9.00 Å². The Labute approximate surface area is 118 Å². The Bertz CT molecular complexity index is 404. The van der Waals surface area contributed by atoms with Crippen LogP contribution < -0.4 is 5.32 Å². The molecule has 0 aromatic carbocycles. The fraction of sp³-hybridized carbons (Fsp3) is 0.867. The SMILES string of the molecule is C=S1(=O)CCC(CNCCC)(C(=O)C(C)(C)C)CC1. The lowest BCUT2D eigenvalue weighted by Crippen LogP contribution is -2.50. The lowest BCUT2D eigenvalue weighted by Gasteiger charge is -2.41. The van der Waals surface area contributed by atoms with Gasteiger partial charge in [-0.3, -0.25) is 9.00 Å². The van der Waals surface area contributed by atoms with Crippen molar-refractivity contribution in [2.45, 2.75) is 47.0 Å². The summed E-state index contributed by atoms with van der Waals surface area (Å²) < 4.78 is 12.1. The molecule has 0 amide bonds. The van der Waals surface area contributed by atoms with E-state index in [-0.39, 0.29) is 10.8 Å². The molecular formula is C15H29NO2S. The van der Waals surface area contributed by atoms with Crippen LogP contribution in [0.3, 0.4) is 0 Å². The van der Waals surface area contributed by atoms with E-state index in [0.717, 1.165) is 13.0 Å². The van der Waals surface area contributed by atoms with Crippen LogP contribution >= 0.6 is 0 Å². The number of ketones is 1. The van der Waals surface area contributed by atoms with E-state index < -0.39 is 9.52 Å². The summed E-state index contributed by atoms with van der Waals surface area (Å²) in [5.41, 5.74) is -0.681. The Kier molecular flexibility index (Phi) is 5.24. The molecule has 1 heterocycles. The van der Waals surface area contributed by atoms with Crippen molar-refractivity contribution in [2.75, 3.05) is 24.6 Å². The van der Waals surface area contributed by atoms with Crippen molar-refractivity contribution in [1.29, 1.82) is 0 Å². The molecular weight excluding hydrogens is 258 g/mol. The molecule has 0 aromatic rings. The van der Waals surface area contributed by atoms with Gasteiger partial charge >= 0.3 is 0 Å². The second-order valence-electron chi connectivity index (χ2n) is 6.91. The molecule has 0 unspecified atom stereocenters. The van der Waals surface area contributed by atoms with Gasteiger partial charge in [0.15, 0.2) is 0 Å². The highest BCUT2D eigenvalue weighted by atomic mass is 32.2. The predicted molar refractivity (Wildman–Crippen MR) is 84.3 cm³/mol. The van der Waals surface area contributed by atoms with E-state index >= 15 is 0 Å². The molecule has 19 heavy (non-hydrogen) atoms.